The number of carbonyl (C=O) groups excluding carboxylic acids is 1. The number of fused-ring (bicyclic) bond motifs is 1. The number of nitrogens with one attached hydrogen (secondary N) is 2. The lowest BCUT2D eigenvalue weighted by Crippen LogP contribution is -2.39. The normalized spacial score (nSPS) is 17.8. The van der Waals surface area contributed by atoms with Crippen LogP contribution in [0.2, 0.25) is 0 Å². The highest BCUT2D eigenvalue weighted by Crippen LogP contribution is 2.25. The third kappa shape index (κ3) is 3.46. The highest BCUT2D eigenvalue weighted by atomic mass is 16.5. The van der Waals surface area contributed by atoms with Gasteiger partial charge in [0.1, 0.15) is 5.75 Å². The third-order valence-corrected chi connectivity index (χ3v) is 5.59. The summed E-state index contributed by atoms with van der Waals surface area (Å²) in [6.45, 7) is 3.31. The molecule has 4 rings (SSSR count). The van der Waals surface area contributed by atoms with E-state index in [1.165, 1.54) is 5.56 Å². The molecule has 1 amide bonds. The second-order valence-corrected chi connectivity index (χ2v) is 7.24. The van der Waals surface area contributed by atoms with Crippen LogP contribution in [0.3, 0.4) is 0 Å². The smallest absolute Gasteiger partial charge is 0.274 e. The van der Waals surface area contributed by atoms with Gasteiger partial charge in [-0.15, -0.1) is 0 Å². The van der Waals surface area contributed by atoms with Crippen LogP contribution in [0.15, 0.2) is 24.3 Å². The fourth-order valence-electron chi connectivity index (χ4n) is 3.99. The number of benzene rings is 1. The second kappa shape index (κ2) is 7.50. The molecule has 2 aliphatic rings. The van der Waals surface area contributed by atoms with Crippen molar-refractivity contribution in [2.24, 2.45) is 5.92 Å². The molecule has 3 heterocycles. The summed E-state index contributed by atoms with van der Waals surface area (Å²) in [5, 5.41) is 10.7. The molecule has 1 fully saturated rings. The lowest BCUT2D eigenvalue weighted by molar-refractivity contribution is 0.0683. The lowest BCUT2D eigenvalue weighted by Gasteiger charge is -2.32. The fraction of sp³-hybridized carbons (Fsp3) is 0.500. The first kappa shape index (κ1) is 17.1. The molecule has 0 radical (unpaired) electrons. The zero-order valence-corrected chi connectivity index (χ0v) is 15.3. The monoisotopic (exact) mass is 354 g/mol. The number of amides is 1. The molecule has 2 N–H and O–H groups in total. The SMILES string of the molecule is COc1ccc(CC2CCN(C(=O)c3n[nH]c4c3CNCC4)CC2)cc1. The van der Waals surface area contributed by atoms with Crippen molar-refractivity contribution in [2.75, 3.05) is 26.7 Å². The summed E-state index contributed by atoms with van der Waals surface area (Å²) < 4.78 is 5.22. The predicted octanol–water partition coefficient (Wildman–Crippen LogP) is 2.16. The Hall–Kier alpha value is -2.34. The number of rotatable bonds is 4. The van der Waals surface area contributed by atoms with Gasteiger partial charge in [-0.2, -0.15) is 5.10 Å². The van der Waals surface area contributed by atoms with Crippen molar-refractivity contribution in [3.8, 4) is 5.75 Å². The Morgan fingerprint density at radius 2 is 2.04 bits per heavy atom. The van der Waals surface area contributed by atoms with Crippen molar-refractivity contribution in [2.45, 2.75) is 32.2 Å². The molecule has 0 spiro atoms. The summed E-state index contributed by atoms with van der Waals surface area (Å²) in [7, 11) is 1.69. The van der Waals surface area contributed by atoms with E-state index in [0.29, 0.717) is 11.6 Å². The standard InChI is InChI=1S/C20H26N4O2/c1-26-16-4-2-14(3-5-16)12-15-7-10-24(11-8-15)20(25)19-17-13-21-9-6-18(17)22-23-19/h2-5,15,21H,6-13H2,1H3,(H,22,23). The first-order chi connectivity index (χ1) is 12.7. The van der Waals surface area contributed by atoms with Crippen LogP contribution >= 0.6 is 0 Å². The summed E-state index contributed by atoms with van der Waals surface area (Å²) in [4.78, 5) is 14.8. The van der Waals surface area contributed by atoms with E-state index in [1.807, 2.05) is 17.0 Å². The van der Waals surface area contributed by atoms with Gasteiger partial charge in [0.2, 0.25) is 0 Å². The zero-order chi connectivity index (χ0) is 17.9. The quantitative estimate of drug-likeness (QED) is 0.883. The van der Waals surface area contributed by atoms with Crippen LogP contribution in [0.1, 0.15) is 40.2 Å². The average Bonchev–Trinajstić information content (AvgIpc) is 3.13. The predicted molar refractivity (Wildman–Crippen MR) is 99.3 cm³/mol. The molecule has 26 heavy (non-hydrogen) atoms. The highest BCUT2D eigenvalue weighted by Gasteiger charge is 2.28. The largest absolute Gasteiger partial charge is 0.497 e. The molecular formula is C20H26N4O2. The summed E-state index contributed by atoms with van der Waals surface area (Å²) >= 11 is 0. The van der Waals surface area contributed by atoms with Crippen LogP contribution in [0, 0.1) is 5.92 Å². The van der Waals surface area contributed by atoms with Gasteiger partial charge in [0.15, 0.2) is 5.69 Å². The molecule has 0 unspecified atom stereocenters. The number of ether oxygens (including phenoxy) is 1. The van der Waals surface area contributed by atoms with E-state index in [-0.39, 0.29) is 5.91 Å². The highest BCUT2D eigenvalue weighted by molar-refractivity contribution is 5.94. The van der Waals surface area contributed by atoms with E-state index in [0.717, 1.165) is 68.9 Å². The number of carbonyl (C=O) groups is 1. The van der Waals surface area contributed by atoms with Crippen molar-refractivity contribution in [3.05, 3.63) is 46.8 Å². The molecule has 2 aliphatic heterocycles. The van der Waals surface area contributed by atoms with Crippen LogP contribution in [-0.4, -0.2) is 47.7 Å². The number of hydrogen-bond donors (Lipinski definition) is 2. The fourth-order valence-corrected chi connectivity index (χ4v) is 3.99. The Morgan fingerprint density at radius 3 is 2.77 bits per heavy atom. The number of methoxy groups -OCH3 is 1. The molecule has 0 saturated carbocycles. The number of likely N-dealkylation sites (tertiary alicyclic amines) is 1. The van der Waals surface area contributed by atoms with Crippen molar-refractivity contribution in [1.29, 1.82) is 0 Å². The minimum absolute atomic E-state index is 0.0779. The molecule has 138 valence electrons. The molecule has 0 aliphatic carbocycles. The van der Waals surface area contributed by atoms with E-state index < -0.39 is 0 Å². The molecule has 6 nitrogen and oxygen atoms in total. The maximum Gasteiger partial charge on any atom is 0.274 e. The number of hydrogen-bond acceptors (Lipinski definition) is 4. The number of aromatic amines is 1. The van der Waals surface area contributed by atoms with Crippen LogP contribution in [0.4, 0.5) is 0 Å². The van der Waals surface area contributed by atoms with Crippen LogP contribution in [0.5, 0.6) is 5.75 Å². The van der Waals surface area contributed by atoms with Crippen LogP contribution in [-0.2, 0) is 19.4 Å². The Bertz CT molecular complexity index is 761. The van der Waals surface area contributed by atoms with Gasteiger partial charge < -0.3 is 15.0 Å². The van der Waals surface area contributed by atoms with E-state index >= 15 is 0 Å². The average molecular weight is 354 g/mol. The van der Waals surface area contributed by atoms with E-state index in [4.69, 9.17) is 4.74 Å². The topological polar surface area (TPSA) is 70.2 Å². The van der Waals surface area contributed by atoms with Gasteiger partial charge in [-0.1, -0.05) is 12.1 Å². The lowest BCUT2D eigenvalue weighted by atomic mass is 9.90. The molecule has 2 aromatic rings. The summed E-state index contributed by atoms with van der Waals surface area (Å²) in [6, 6.07) is 8.31. The van der Waals surface area contributed by atoms with Crippen molar-refractivity contribution >= 4 is 5.91 Å². The first-order valence-corrected chi connectivity index (χ1v) is 9.43. The first-order valence-electron chi connectivity index (χ1n) is 9.43. The summed E-state index contributed by atoms with van der Waals surface area (Å²) in [6.07, 6.45) is 4.07. The van der Waals surface area contributed by atoms with E-state index in [2.05, 4.69) is 27.6 Å². The molecule has 0 atom stereocenters. The van der Waals surface area contributed by atoms with Gasteiger partial charge in [-0.3, -0.25) is 9.89 Å². The zero-order valence-electron chi connectivity index (χ0n) is 15.3. The molecule has 1 aromatic heterocycles. The Balaban J connectivity index is 1.34. The van der Waals surface area contributed by atoms with Gasteiger partial charge in [0.05, 0.1) is 7.11 Å². The molecule has 1 saturated heterocycles. The maximum absolute atomic E-state index is 12.9. The van der Waals surface area contributed by atoms with Gasteiger partial charge >= 0.3 is 0 Å². The van der Waals surface area contributed by atoms with Crippen LogP contribution < -0.4 is 10.1 Å². The molecule has 1 aromatic carbocycles. The van der Waals surface area contributed by atoms with E-state index in [9.17, 15) is 4.79 Å². The van der Waals surface area contributed by atoms with E-state index in [1.54, 1.807) is 7.11 Å². The van der Waals surface area contributed by atoms with Crippen molar-refractivity contribution in [1.82, 2.24) is 20.4 Å². The minimum atomic E-state index is 0.0779. The Kier molecular flexibility index (Phi) is 4.93. The molecule has 0 bridgehead atoms. The number of aromatic nitrogens is 2. The Morgan fingerprint density at radius 1 is 1.27 bits per heavy atom. The molecule has 6 heteroatoms. The van der Waals surface area contributed by atoms with Gasteiger partial charge in [0.25, 0.3) is 5.91 Å². The number of piperidine rings is 1. The van der Waals surface area contributed by atoms with Crippen molar-refractivity contribution < 1.29 is 9.53 Å². The minimum Gasteiger partial charge on any atom is -0.497 e. The number of nitrogens with zero attached hydrogens (tertiary/aromatic N) is 2. The summed E-state index contributed by atoms with van der Waals surface area (Å²) in [5.41, 5.74) is 4.12. The molecular weight excluding hydrogens is 328 g/mol. The van der Waals surface area contributed by atoms with Gasteiger partial charge in [0, 0.05) is 43.9 Å². The second-order valence-electron chi connectivity index (χ2n) is 7.24. The maximum atomic E-state index is 12.9. The summed E-state index contributed by atoms with van der Waals surface area (Å²) in [5.74, 6) is 1.60. The third-order valence-electron chi connectivity index (χ3n) is 5.59. The van der Waals surface area contributed by atoms with Crippen LogP contribution in [0.25, 0.3) is 0 Å². The van der Waals surface area contributed by atoms with Gasteiger partial charge in [-0.05, 0) is 42.9 Å². The number of H-pyrrole nitrogens is 1. The Labute approximate surface area is 153 Å². The van der Waals surface area contributed by atoms with Crippen molar-refractivity contribution in [3.63, 3.8) is 0 Å². The van der Waals surface area contributed by atoms with Gasteiger partial charge in [-0.25, -0.2) is 0 Å².